The number of non-ortho nitro benzene ring substituents is 1. The maximum atomic E-state index is 13.2. The molecule has 0 radical (unpaired) electrons. The summed E-state index contributed by atoms with van der Waals surface area (Å²) in [6.45, 7) is 1.47. The summed E-state index contributed by atoms with van der Waals surface area (Å²) < 4.78 is 17.9. The molecule has 7 nitrogen and oxygen atoms in total. The van der Waals surface area contributed by atoms with Crippen molar-refractivity contribution in [2.24, 2.45) is 0 Å². The van der Waals surface area contributed by atoms with Gasteiger partial charge in [-0.15, -0.1) is 0 Å². The number of likely N-dealkylation sites (N-methyl/N-ethyl adjacent to an activating group) is 1. The number of nitro groups is 1. The molecule has 0 N–H and O–H groups in total. The Balaban J connectivity index is 2.91. The van der Waals surface area contributed by atoms with Crippen molar-refractivity contribution in [2.75, 3.05) is 20.2 Å². The largest absolute Gasteiger partial charge is 0.465 e. The molecule has 0 aliphatic heterocycles. The Labute approximate surface area is 114 Å². The van der Waals surface area contributed by atoms with E-state index in [-0.39, 0.29) is 18.7 Å². The number of amides is 1. The van der Waals surface area contributed by atoms with Gasteiger partial charge in [-0.05, 0) is 13.0 Å². The zero-order valence-corrected chi connectivity index (χ0v) is 11.0. The van der Waals surface area contributed by atoms with Gasteiger partial charge in [-0.3, -0.25) is 19.7 Å². The van der Waals surface area contributed by atoms with Crippen LogP contribution in [-0.2, 0) is 9.53 Å². The van der Waals surface area contributed by atoms with Gasteiger partial charge in [-0.1, -0.05) is 0 Å². The summed E-state index contributed by atoms with van der Waals surface area (Å²) in [5, 5.41) is 10.6. The maximum Gasteiger partial charge on any atom is 0.325 e. The van der Waals surface area contributed by atoms with Crippen molar-refractivity contribution in [2.45, 2.75) is 6.92 Å². The Kier molecular flexibility index (Phi) is 5.13. The Morgan fingerprint density at radius 3 is 2.60 bits per heavy atom. The maximum absolute atomic E-state index is 13.2. The number of nitro benzene ring substituents is 1. The first-order valence-corrected chi connectivity index (χ1v) is 5.71. The van der Waals surface area contributed by atoms with Gasteiger partial charge in [0, 0.05) is 18.7 Å². The molecular weight excluding hydrogens is 271 g/mol. The van der Waals surface area contributed by atoms with Crippen molar-refractivity contribution < 1.29 is 23.6 Å². The van der Waals surface area contributed by atoms with Crippen LogP contribution in [0.4, 0.5) is 10.1 Å². The smallest absolute Gasteiger partial charge is 0.325 e. The van der Waals surface area contributed by atoms with E-state index >= 15 is 0 Å². The molecule has 1 aromatic rings. The van der Waals surface area contributed by atoms with Gasteiger partial charge in [0.05, 0.1) is 17.6 Å². The molecule has 1 rings (SSSR count). The zero-order valence-electron chi connectivity index (χ0n) is 11.0. The molecule has 1 aromatic carbocycles. The van der Waals surface area contributed by atoms with Crippen LogP contribution in [0.5, 0.6) is 0 Å². The van der Waals surface area contributed by atoms with Crippen molar-refractivity contribution in [3.8, 4) is 0 Å². The third-order valence-corrected chi connectivity index (χ3v) is 2.36. The normalized spacial score (nSPS) is 9.95. The van der Waals surface area contributed by atoms with E-state index in [9.17, 15) is 24.1 Å². The lowest BCUT2D eigenvalue weighted by atomic mass is 10.1. The molecule has 0 atom stereocenters. The second-order valence-electron chi connectivity index (χ2n) is 3.92. The highest BCUT2D eigenvalue weighted by Crippen LogP contribution is 2.17. The number of carbonyl (C=O) groups is 2. The molecule has 0 saturated carbocycles. The Morgan fingerprint density at radius 1 is 1.40 bits per heavy atom. The number of ether oxygens (including phenoxy) is 1. The predicted octanol–water partition coefficient (Wildman–Crippen LogP) is 1.37. The summed E-state index contributed by atoms with van der Waals surface area (Å²) in [5.74, 6) is -2.22. The number of nitrogens with zero attached hydrogens (tertiary/aromatic N) is 2. The molecule has 108 valence electrons. The average molecular weight is 284 g/mol. The van der Waals surface area contributed by atoms with E-state index in [1.807, 2.05) is 0 Å². The van der Waals surface area contributed by atoms with Gasteiger partial charge in [0.1, 0.15) is 12.4 Å². The third-order valence-electron chi connectivity index (χ3n) is 2.36. The number of hydrogen-bond acceptors (Lipinski definition) is 5. The molecule has 8 heteroatoms. The fourth-order valence-electron chi connectivity index (χ4n) is 1.50. The standard InChI is InChI=1S/C12H13FN2O5/c1-3-20-11(16)7-14(2)12(17)8-4-9(13)6-10(5-8)15(18)19/h4-6H,3,7H2,1-2H3. The van der Waals surface area contributed by atoms with E-state index in [1.165, 1.54) is 7.05 Å². The first kappa shape index (κ1) is 15.5. The highest BCUT2D eigenvalue weighted by molar-refractivity contribution is 5.96. The summed E-state index contributed by atoms with van der Waals surface area (Å²) in [7, 11) is 1.32. The van der Waals surface area contributed by atoms with Gasteiger partial charge >= 0.3 is 5.97 Å². The minimum atomic E-state index is -0.896. The topological polar surface area (TPSA) is 89.8 Å². The number of esters is 1. The Morgan fingerprint density at radius 2 is 2.05 bits per heavy atom. The average Bonchev–Trinajstić information content (AvgIpc) is 2.37. The molecule has 20 heavy (non-hydrogen) atoms. The lowest BCUT2D eigenvalue weighted by molar-refractivity contribution is -0.385. The zero-order chi connectivity index (χ0) is 15.3. The summed E-state index contributed by atoms with van der Waals surface area (Å²) >= 11 is 0. The number of hydrogen-bond donors (Lipinski definition) is 0. The lowest BCUT2D eigenvalue weighted by Gasteiger charge is -2.16. The van der Waals surface area contributed by atoms with Gasteiger partial charge < -0.3 is 9.64 Å². The summed E-state index contributed by atoms with van der Waals surface area (Å²) in [4.78, 5) is 34.0. The second kappa shape index (κ2) is 6.60. The highest BCUT2D eigenvalue weighted by atomic mass is 19.1. The van der Waals surface area contributed by atoms with Crippen molar-refractivity contribution in [3.05, 3.63) is 39.7 Å². The molecule has 0 bridgehead atoms. The lowest BCUT2D eigenvalue weighted by Crippen LogP contribution is -2.33. The van der Waals surface area contributed by atoms with Crippen LogP contribution in [0.2, 0.25) is 0 Å². The van der Waals surface area contributed by atoms with E-state index in [4.69, 9.17) is 0 Å². The van der Waals surface area contributed by atoms with Crippen LogP contribution in [0.25, 0.3) is 0 Å². The molecule has 0 spiro atoms. The number of halogens is 1. The third kappa shape index (κ3) is 4.01. The second-order valence-corrected chi connectivity index (χ2v) is 3.92. The van der Waals surface area contributed by atoms with Gasteiger partial charge in [-0.25, -0.2) is 4.39 Å². The van der Waals surface area contributed by atoms with Crippen LogP contribution in [0.1, 0.15) is 17.3 Å². The van der Waals surface area contributed by atoms with Crippen LogP contribution in [-0.4, -0.2) is 41.9 Å². The molecule has 0 fully saturated rings. The number of carbonyl (C=O) groups excluding carboxylic acids is 2. The monoisotopic (exact) mass is 284 g/mol. The van der Waals surface area contributed by atoms with Crippen LogP contribution < -0.4 is 0 Å². The first-order valence-electron chi connectivity index (χ1n) is 5.71. The van der Waals surface area contributed by atoms with Crippen molar-refractivity contribution >= 4 is 17.6 Å². The van der Waals surface area contributed by atoms with Crippen molar-refractivity contribution in [3.63, 3.8) is 0 Å². The van der Waals surface area contributed by atoms with Gasteiger partial charge in [0.25, 0.3) is 11.6 Å². The molecule has 1 amide bonds. The fourth-order valence-corrected chi connectivity index (χ4v) is 1.50. The van der Waals surface area contributed by atoms with E-state index in [0.29, 0.717) is 6.07 Å². The number of benzene rings is 1. The summed E-state index contributed by atoms with van der Waals surface area (Å²) in [5.41, 5.74) is -0.735. The van der Waals surface area contributed by atoms with Crippen molar-refractivity contribution in [1.82, 2.24) is 4.90 Å². The molecule has 0 unspecified atom stereocenters. The first-order chi connectivity index (χ1) is 9.35. The SMILES string of the molecule is CCOC(=O)CN(C)C(=O)c1cc(F)cc([N+](=O)[O-])c1. The van der Waals surface area contributed by atoms with E-state index < -0.39 is 28.3 Å². The van der Waals surface area contributed by atoms with Crippen LogP contribution >= 0.6 is 0 Å². The van der Waals surface area contributed by atoms with Crippen LogP contribution in [0, 0.1) is 15.9 Å². The minimum absolute atomic E-state index is 0.173. The van der Waals surface area contributed by atoms with Gasteiger partial charge in [0.2, 0.25) is 0 Å². The quantitative estimate of drug-likeness (QED) is 0.462. The molecular formula is C12H13FN2O5. The van der Waals surface area contributed by atoms with Crippen LogP contribution in [0.15, 0.2) is 18.2 Å². The molecule has 0 aliphatic carbocycles. The van der Waals surface area contributed by atoms with E-state index in [1.54, 1.807) is 6.92 Å². The minimum Gasteiger partial charge on any atom is -0.465 e. The van der Waals surface area contributed by atoms with Gasteiger partial charge in [-0.2, -0.15) is 0 Å². The molecule has 0 aromatic heterocycles. The number of rotatable bonds is 5. The van der Waals surface area contributed by atoms with Gasteiger partial charge in [0.15, 0.2) is 0 Å². The predicted molar refractivity (Wildman–Crippen MR) is 66.6 cm³/mol. The molecule has 0 aliphatic rings. The fraction of sp³-hybridized carbons (Fsp3) is 0.333. The summed E-state index contributed by atoms with van der Waals surface area (Å²) in [6.07, 6.45) is 0. The Bertz CT molecular complexity index is 547. The Hall–Kier alpha value is -2.51. The molecule has 0 saturated heterocycles. The molecule has 0 heterocycles. The van der Waals surface area contributed by atoms with E-state index in [2.05, 4.69) is 4.74 Å². The summed E-state index contributed by atoms with van der Waals surface area (Å²) in [6, 6.07) is 2.53. The van der Waals surface area contributed by atoms with Crippen LogP contribution in [0.3, 0.4) is 0 Å². The highest BCUT2D eigenvalue weighted by Gasteiger charge is 2.19. The van der Waals surface area contributed by atoms with Crippen molar-refractivity contribution in [1.29, 1.82) is 0 Å². The van der Waals surface area contributed by atoms with E-state index in [0.717, 1.165) is 17.0 Å².